The largest absolute Gasteiger partial charge is 0.447 e. The maximum absolute atomic E-state index is 12.5. The quantitative estimate of drug-likeness (QED) is 0.693. The SMILES string of the molecule is CC(C)C(C)N(Cc1ccc(Cl)cc1)Cc1nc(C(=O)N2CCCC2)co1. The van der Waals surface area contributed by atoms with Crippen LogP contribution in [0.25, 0.3) is 0 Å². The molecule has 1 atom stereocenters. The number of amides is 1. The van der Waals surface area contributed by atoms with Crippen molar-refractivity contribution in [1.29, 1.82) is 0 Å². The Morgan fingerprint density at radius 1 is 1.19 bits per heavy atom. The molecule has 1 aliphatic rings. The van der Waals surface area contributed by atoms with E-state index in [0.29, 0.717) is 30.1 Å². The highest BCUT2D eigenvalue weighted by Gasteiger charge is 2.24. The highest BCUT2D eigenvalue weighted by atomic mass is 35.5. The lowest BCUT2D eigenvalue weighted by Crippen LogP contribution is -2.36. The number of halogens is 1. The number of likely N-dealkylation sites (tertiary alicyclic amines) is 1. The molecule has 0 spiro atoms. The number of carbonyl (C=O) groups excluding carboxylic acids is 1. The van der Waals surface area contributed by atoms with Crippen LogP contribution in [0.1, 0.15) is 55.6 Å². The van der Waals surface area contributed by atoms with Gasteiger partial charge in [-0.3, -0.25) is 9.69 Å². The molecule has 1 amide bonds. The summed E-state index contributed by atoms with van der Waals surface area (Å²) in [5.41, 5.74) is 1.60. The van der Waals surface area contributed by atoms with Crippen molar-refractivity contribution < 1.29 is 9.21 Å². The van der Waals surface area contributed by atoms with E-state index in [-0.39, 0.29) is 5.91 Å². The Bertz CT molecular complexity index is 751. The minimum Gasteiger partial charge on any atom is -0.447 e. The van der Waals surface area contributed by atoms with Gasteiger partial charge in [-0.2, -0.15) is 0 Å². The molecule has 2 aromatic rings. The Kier molecular flexibility index (Phi) is 6.55. The Morgan fingerprint density at radius 3 is 2.48 bits per heavy atom. The number of aromatic nitrogens is 1. The number of hydrogen-bond acceptors (Lipinski definition) is 4. The molecule has 0 bridgehead atoms. The first-order valence-corrected chi connectivity index (χ1v) is 10.0. The van der Waals surface area contributed by atoms with Crippen LogP contribution in [0.5, 0.6) is 0 Å². The minimum absolute atomic E-state index is 0.0244. The predicted octanol–water partition coefficient (Wildman–Crippen LogP) is 4.61. The van der Waals surface area contributed by atoms with Crippen molar-refractivity contribution in [3.8, 4) is 0 Å². The second kappa shape index (κ2) is 8.89. The van der Waals surface area contributed by atoms with Gasteiger partial charge in [0.15, 0.2) is 5.69 Å². The van der Waals surface area contributed by atoms with Gasteiger partial charge in [-0.15, -0.1) is 0 Å². The first kappa shape index (κ1) is 19.9. The van der Waals surface area contributed by atoms with Crippen molar-refractivity contribution in [3.63, 3.8) is 0 Å². The van der Waals surface area contributed by atoms with Crippen molar-refractivity contribution >= 4 is 17.5 Å². The smallest absolute Gasteiger partial charge is 0.275 e. The fraction of sp³-hybridized carbons (Fsp3) is 0.524. The van der Waals surface area contributed by atoms with E-state index in [4.69, 9.17) is 16.0 Å². The Labute approximate surface area is 166 Å². The van der Waals surface area contributed by atoms with Gasteiger partial charge in [0.25, 0.3) is 5.91 Å². The summed E-state index contributed by atoms with van der Waals surface area (Å²) >= 11 is 6.00. The van der Waals surface area contributed by atoms with Crippen LogP contribution in [0.15, 0.2) is 34.9 Å². The fourth-order valence-corrected chi connectivity index (χ4v) is 3.45. The molecule has 1 aliphatic heterocycles. The molecular formula is C21H28ClN3O2. The van der Waals surface area contributed by atoms with Crippen molar-refractivity contribution in [2.24, 2.45) is 5.92 Å². The molecule has 0 radical (unpaired) electrons. The first-order valence-electron chi connectivity index (χ1n) is 9.66. The van der Waals surface area contributed by atoms with Crippen molar-refractivity contribution in [2.45, 2.75) is 52.7 Å². The number of carbonyl (C=O) groups is 1. The zero-order valence-electron chi connectivity index (χ0n) is 16.3. The van der Waals surface area contributed by atoms with Gasteiger partial charge in [-0.1, -0.05) is 37.6 Å². The van der Waals surface area contributed by atoms with Crippen LogP contribution < -0.4 is 0 Å². The van der Waals surface area contributed by atoms with Gasteiger partial charge >= 0.3 is 0 Å². The molecule has 1 unspecified atom stereocenters. The molecule has 1 aromatic carbocycles. The third kappa shape index (κ3) is 5.11. The second-order valence-electron chi connectivity index (χ2n) is 7.64. The summed E-state index contributed by atoms with van der Waals surface area (Å²) in [6.07, 6.45) is 3.63. The standard InChI is InChI=1S/C21H28ClN3O2/c1-15(2)16(3)25(12-17-6-8-18(22)9-7-17)13-20-23-19(14-27-20)21(26)24-10-4-5-11-24/h6-9,14-16H,4-5,10-13H2,1-3H3. The van der Waals surface area contributed by atoms with Crippen LogP contribution in [0.4, 0.5) is 0 Å². The number of rotatable bonds is 7. The molecule has 27 heavy (non-hydrogen) atoms. The second-order valence-corrected chi connectivity index (χ2v) is 8.08. The number of hydrogen-bond donors (Lipinski definition) is 0. The molecule has 1 fully saturated rings. The lowest BCUT2D eigenvalue weighted by Gasteiger charge is -2.30. The molecule has 1 saturated heterocycles. The molecule has 1 aromatic heterocycles. The molecule has 0 saturated carbocycles. The highest BCUT2D eigenvalue weighted by Crippen LogP contribution is 2.20. The number of nitrogens with zero attached hydrogens (tertiary/aromatic N) is 3. The van der Waals surface area contributed by atoms with Crippen molar-refractivity contribution in [1.82, 2.24) is 14.8 Å². The molecule has 0 aliphatic carbocycles. The summed E-state index contributed by atoms with van der Waals surface area (Å²) in [4.78, 5) is 21.1. The van der Waals surface area contributed by atoms with Crippen LogP contribution >= 0.6 is 11.6 Å². The van der Waals surface area contributed by atoms with E-state index in [1.165, 1.54) is 11.8 Å². The van der Waals surface area contributed by atoms with Gasteiger partial charge in [-0.25, -0.2) is 4.98 Å². The molecule has 146 valence electrons. The van der Waals surface area contributed by atoms with Crippen molar-refractivity contribution in [2.75, 3.05) is 13.1 Å². The van der Waals surface area contributed by atoms with E-state index in [0.717, 1.165) is 37.5 Å². The maximum atomic E-state index is 12.5. The Balaban J connectivity index is 1.71. The van der Waals surface area contributed by atoms with Crippen LogP contribution in [0.2, 0.25) is 5.02 Å². The summed E-state index contributed by atoms with van der Waals surface area (Å²) < 4.78 is 5.64. The van der Waals surface area contributed by atoms with E-state index in [1.807, 2.05) is 29.2 Å². The number of oxazole rings is 1. The summed E-state index contributed by atoms with van der Waals surface area (Å²) in [6.45, 7) is 9.58. The molecule has 3 rings (SSSR count). The zero-order valence-corrected chi connectivity index (χ0v) is 17.1. The zero-order chi connectivity index (χ0) is 19.4. The van der Waals surface area contributed by atoms with Gasteiger partial charge in [-0.05, 0) is 43.4 Å². The highest BCUT2D eigenvalue weighted by molar-refractivity contribution is 6.30. The average Bonchev–Trinajstić information content (AvgIpc) is 3.33. The van der Waals surface area contributed by atoms with E-state index in [1.54, 1.807) is 0 Å². The molecule has 5 nitrogen and oxygen atoms in total. The summed E-state index contributed by atoms with van der Waals surface area (Å²) in [5, 5.41) is 0.736. The number of benzene rings is 1. The third-order valence-corrected chi connectivity index (χ3v) is 5.59. The van der Waals surface area contributed by atoms with Crippen LogP contribution in [-0.2, 0) is 13.1 Å². The summed E-state index contributed by atoms with van der Waals surface area (Å²) in [7, 11) is 0. The van der Waals surface area contributed by atoms with Crippen LogP contribution in [0.3, 0.4) is 0 Å². The summed E-state index contributed by atoms with van der Waals surface area (Å²) in [6, 6.07) is 8.24. The third-order valence-electron chi connectivity index (χ3n) is 5.34. The lowest BCUT2D eigenvalue weighted by atomic mass is 10.0. The first-order chi connectivity index (χ1) is 12.9. The molecule has 0 N–H and O–H groups in total. The topological polar surface area (TPSA) is 49.6 Å². The van der Waals surface area contributed by atoms with Gasteiger partial charge in [0, 0.05) is 30.7 Å². The summed E-state index contributed by atoms with van der Waals surface area (Å²) in [5.74, 6) is 1.04. The van der Waals surface area contributed by atoms with Crippen LogP contribution in [-0.4, -0.2) is 39.8 Å². The molecule has 2 heterocycles. The van der Waals surface area contributed by atoms with E-state index >= 15 is 0 Å². The maximum Gasteiger partial charge on any atom is 0.275 e. The van der Waals surface area contributed by atoms with Gasteiger partial charge in [0.2, 0.25) is 5.89 Å². The van der Waals surface area contributed by atoms with Crippen molar-refractivity contribution in [3.05, 3.63) is 52.7 Å². The van der Waals surface area contributed by atoms with Gasteiger partial charge in [0.1, 0.15) is 6.26 Å². The van der Waals surface area contributed by atoms with Crippen LogP contribution in [0, 0.1) is 5.92 Å². The Hall–Kier alpha value is -1.85. The molecular weight excluding hydrogens is 362 g/mol. The van der Waals surface area contributed by atoms with E-state index in [2.05, 4.69) is 30.7 Å². The van der Waals surface area contributed by atoms with Gasteiger partial charge < -0.3 is 9.32 Å². The molecule has 6 heteroatoms. The minimum atomic E-state index is -0.0244. The van der Waals surface area contributed by atoms with Gasteiger partial charge in [0.05, 0.1) is 6.54 Å². The normalized spacial score (nSPS) is 15.7. The Morgan fingerprint density at radius 2 is 1.85 bits per heavy atom. The van der Waals surface area contributed by atoms with E-state index < -0.39 is 0 Å². The average molecular weight is 390 g/mol. The van der Waals surface area contributed by atoms with E-state index in [9.17, 15) is 4.79 Å². The predicted molar refractivity (Wildman–Crippen MR) is 107 cm³/mol. The lowest BCUT2D eigenvalue weighted by molar-refractivity contribution is 0.0786. The monoisotopic (exact) mass is 389 g/mol. The fourth-order valence-electron chi connectivity index (χ4n) is 3.33.